The number of benzene rings is 1. The standard InChI is InChI=1S/C21H24N2OS/c1-15(11-12-18-9-5-4-6-10-18)22-20(24)19-16(2)17(3)25-21(19)23-13-7-8-14-23/h4-10,13-15H,11-12H2,1-3H3,(H,22,24). The van der Waals surface area contributed by atoms with Crippen LogP contribution >= 0.6 is 11.3 Å². The predicted octanol–water partition coefficient (Wildman–Crippen LogP) is 4.91. The van der Waals surface area contributed by atoms with Gasteiger partial charge in [0.25, 0.3) is 5.91 Å². The molecule has 130 valence electrons. The number of aryl methyl sites for hydroxylation is 2. The summed E-state index contributed by atoms with van der Waals surface area (Å²) >= 11 is 1.67. The molecule has 4 heteroatoms. The predicted molar refractivity (Wildman–Crippen MR) is 105 cm³/mol. The number of hydrogen-bond acceptors (Lipinski definition) is 2. The average molecular weight is 353 g/mol. The number of rotatable bonds is 6. The third-order valence-corrected chi connectivity index (χ3v) is 5.74. The highest BCUT2D eigenvalue weighted by molar-refractivity contribution is 7.15. The summed E-state index contributed by atoms with van der Waals surface area (Å²) in [5, 5.41) is 4.17. The van der Waals surface area contributed by atoms with Crippen LogP contribution < -0.4 is 5.32 Å². The molecule has 1 aromatic carbocycles. The Morgan fingerprint density at radius 3 is 2.48 bits per heavy atom. The van der Waals surface area contributed by atoms with Crippen LogP contribution in [0.15, 0.2) is 54.9 Å². The summed E-state index contributed by atoms with van der Waals surface area (Å²) in [4.78, 5) is 14.1. The molecule has 1 amide bonds. The van der Waals surface area contributed by atoms with Gasteiger partial charge in [0.05, 0.1) is 5.56 Å². The molecule has 0 radical (unpaired) electrons. The highest BCUT2D eigenvalue weighted by Gasteiger charge is 2.21. The Kier molecular flexibility index (Phi) is 5.39. The number of carbonyl (C=O) groups excluding carboxylic acids is 1. The molecular weight excluding hydrogens is 328 g/mol. The number of carbonyl (C=O) groups is 1. The summed E-state index contributed by atoms with van der Waals surface area (Å²) in [6.07, 6.45) is 5.87. The number of hydrogen-bond donors (Lipinski definition) is 1. The van der Waals surface area contributed by atoms with Crippen molar-refractivity contribution in [3.8, 4) is 5.00 Å². The second-order valence-corrected chi connectivity index (χ2v) is 7.66. The smallest absolute Gasteiger partial charge is 0.254 e. The van der Waals surface area contributed by atoms with Gasteiger partial charge in [-0.3, -0.25) is 4.79 Å². The lowest BCUT2D eigenvalue weighted by Gasteiger charge is -2.15. The first-order valence-electron chi connectivity index (χ1n) is 8.64. The minimum absolute atomic E-state index is 0.0195. The van der Waals surface area contributed by atoms with Gasteiger partial charge < -0.3 is 9.88 Å². The molecule has 0 saturated carbocycles. The largest absolute Gasteiger partial charge is 0.349 e. The fourth-order valence-electron chi connectivity index (χ4n) is 2.92. The quantitative estimate of drug-likeness (QED) is 0.672. The van der Waals surface area contributed by atoms with Crippen molar-refractivity contribution < 1.29 is 4.79 Å². The molecule has 1 atom stereocenters. The van der Waals surface area contributed by atoms with Crippen LogP contribution in [0.2, 0.25) is 0 Å². The molecule has 2 heterocycles. The summed E-state index contributed by atoms with van der Waals surface area (Å²) in [5.74, 6) is 0.0195. The first-order chi connectivity index (χ1) is 12.1. The molecule has 0 saturated heterocycles. The van der Waals surface area contributed by atoms with Crippen LogP contribution in [0.4, 0.5) is 0 Å². The first kappa shape index (κ1) is 17.5. The molecule has 0 aliphatic rings. The van der Waals surface area contributed by atoms with Gasteiger partial charge in [-0.25, -0.2) is 0 Å². The van der Waals surface area contributed by atoms with Crippen LogP contribution in [0.1, 0.15) is 39.7 Å². The fraction of sp³-hybridized carbons (Fsp3) is 0.286. The Hall–Kier alpha value is -2.33. The van der Waals surface area contributed by atoms with Gasteiger partial charge in [-0.2, -0.15) is 0 Å². The average Bonchev–Trinajstić information content (AvgIpc) is 3.23. The van der Waals surface area contributed by atoms with Gasteiger partial charge >= 0.3 is 0 Å². The van der Waals surface area contributed by atoms with Crippen molar-refractivity contribution in [1.82, 2.24) is 9.88 Å². The highest BCUT2D eigenvalue weighted by Crippen LogP contribution is 2.31. The molecule has 3 nitrogen and oxygen atoms in total. The molecule has 1 unspecified atom stereocenters. The SMILES string of the molecule is Cc1sc(-n2cccc2)c(C(=O)NC(C)CCc2ccccc2)c1C. The van der Waals surface area contributed by atoms with Crippen molar-refractivity contribution in [2.75, 3.05) is 0 Å². The van der Waals surface area contributed by atoms with Gasteiger partial charge in [0.15, 0.2) is 0 Å². The first-order valence-corrected chi connectivity index (χ1v) is 9.46. The molecule has 0 fully saturated rings. The molecule has 0 aliphatic heterocycles. The van der Waals surface area contributed by atoms with E-state index in [1.54, 1.807) is 11.3 Å². The van der Waals surface area contributed by atoms with E-state index in [9.17, 15) is 4.79 Å². The van der Waals surface area contributed by atoms with E-state index in [1.807, 2.05) is 42.1 Å². The van der Waals surface area contributed by atoms with Crippen LogP contribution in [0.25, 0.3) is 5.00 Å². The number of nitrogens with zero attached hydrogens (tertiary/aromatic N) is 1. The van der Waals surface area contributed by atoms with E-state index >= 15 is 0 Å². The van der Waals surface area contributed by atoms with Crippen molar-refractivity contribution in [2.24, 2.45) is 0 Å². The maximum atomic E-state index is 12.9. The molecular formula is C21H24N2OS. The summed E-state index contributed by atoms with van der Waals surface area (Å²) in [6.45, 7) is 6.18. The number of amides is 1. The molecule has 3 aromatic rings. The summed E-state index contributed by atoms with van der Waals surface area (Å²) < 4.78 is 2.02. The van der Waals surface area contributed by atoms with Gasteiger partial charge in [-0.1, -0.05) is 30.3 Å². The Bertz CT molecular complexity index is 834. The Morgan fingerprint density at radius 1 is 1.12 bits per heavy atom. The van der Waals surface area contributed by atoms with E-state index in [2.05, 4.69) is 43.4 Å². The zero-order valence-corrected chi connectivity index (χ0v) is 15.8. The van der Waals surface area contributed by atoms with Crippen molar-refractivity contribution in [3.63, 3.8) is 0 Å². The van der Waals surface area contributed by atoms with Crippen LogP contribution in [0.3, 0.4) is 0 Å². The van der Waals surface area contributed by atoms with E-state index in [-0.39, 0.29) is 11.9 Å². The lowest BCUT2D eigenvalue weighted by Crippen LogP contribution is -2.33. The second kappa shape index (κ2) is 7.70. The zero-order chi connectivity index (χ0) is 17.8. The van der Waals surface area contributed by atoms with Gasteiger partial charge in [-0.15, -0.1) is 11.3 Å². The van der Waals surface area contributed by atoms with Gasteiger partial charge in [0.1, 0.15) is 5.00 Å². The number of thiophene rings is 1. The van der Waals surface area contributed by atoms with Crippen molar-refractivity contribution in [1.29, 1.82) is 0 Å². The zero-order valence-electron chi connectivity index (χ0n) is 15.0. The third kappa shape index (κ3) is 4.02. The minimum atomic E-state index is 0.0195. The Labute approximate surface area is 153 Å². The van der Waals surface area contributed by atoms with E-state index in [0.717, 1.165) is 29.0 Å². The van der Waals surface area contributed by atoms with Gasteiger partial charge in [0.2, 0.25) is 0 Å². The van der Waals surface area contributed by atoms with Crippen molar-refractivity contribution in [2.45, 2.75) is 39.7 Å². The lowest BCUT2D eigenvalue weighted by atomic mass is 10.1. The molecule has 2 aromatic heterocycles. The topological polar surface area (TPSA) is 34.0 Å². The van der Waals surface area contributed by atoms with Crippen LogP contribution in [-0.2, 0) is 6.42 Å². The molecule has 25 heavy (non-hydrogen) atoms. The van der Waals surface area contributed by atoms with Gasteiger partial charge in [-0.05, 0) is 56.9 Å². The van der Waals surface area contributed by atoms with Gasteiger partial charge in [0, 0.05) is 23.3 Å². The number of aromatic nitrogens is 1. The van der Waals surface area contributed by atoms with E-state index in [4.69, 9.17) is 0 Å². The molecule has 1 N–H and O–H groups in total. The van der Waals surface area contributed by atoms with E-state index in [0.29, 0.717) is 0 Å². The van der Waals surface area contributed by atoms with E-state index in [1.165, 1.54) is 10.4 Å². The lowest BCUT2D eigenvalue weighted by molar-refractivity contribution is 0.0938. The third-order valence-electron chi connectivity index (χ3n) is 4.52. The molecule has 0 aliphatic carbocycles. The molecule has 3 rings (SSSR count). The second-order valence-electron chi connectivity index (χ2n) is 6.45. The van der Waals surface area contributed by atoms with Crippen LogP contribution in [-0.4, -0.2) is 16.5 Å². The summed E-state index contributed by atoms with van der Waals surface area (Å²) in [5.41, 5.74) is 3.17. The van der Waals surface area contributed by atoms with Crippen molar-refractivity contribution in [3.05, 3.63) is 76.4 Å². The van der Waals surface area contributed by atoms with Crippen LogP contribution in [0.5, 0.6) is 0 Å². The van der Waals surface area contributed by atoms with Crippen molar-refractivity contribution >= 4 is 17.2 Å². The Balaban J connectivity index is 1.71. The maximum absolute atomic E-state index is 12.9. The van der Waals surface area contributed by atoms with Crippen LogP contribution in [0, 0.1) is 13.8 Å². The monoisotopic (exact) mass is 352 g/mol. The molecule has 0 bridgehead atoms. The normalized spacial score (nSPS) is 12.1. The summed E-state index contributed by atoms with van der Waals surface area (Å²) in [7, 11) is 0. The fourth-order valence-corrected chi connectivity index (χ4v) is 4.04. The maximum Gasteiger partial charge on any atom is 0.254 e. The summed E-state index contributed by atoms with van der Waals surface area (Å²) in [6, 6.07) is 14.5. The highest BCUT2D eigenvalue weighted by atomic mass is 32.1. The molecule has 0 spiro atoms. The Morgan fingerprint density at radius 2 is 1.80 bits per heavy atom. The number of nitrogens with one attached hydrogen (secondary N) is 1. The van der Waals surface area contributed by atoms with E-state index < -0.39 is 0 Å². The minimum Gasteiger partial charge on any atom is -0.349 e.